The van der Waals surface area contributed by atoms with E-state index in [1.54, 1.807) is 0 Å². The zero-order chi connectivity index (χ0) is 15.2. The second kappa shape index (κ2) is 8.19. The summed E-state index contributed by atoms with van der Waals surface area (Å²) in [6, 6.07) is 7.80. The van der Waals surface area contributed by atoms with Crippen LogP contribution in [0.3, 0.4) is 0 Å². The van der Waals surface area contributed by atoms with E-state index in [-0.39, 0.29) is 0 Å². The summed E-state index contributed by atoms with van der Waals surface area (Å²) in [5, 5.41) is 3.55. The van der Waals surface area contributed by atoms with Gasteiger partial charge in [0, 0.05) is 29.3 Å². The molecule has 0 radical (unpaired) electrons. The highest BCUT2D eigenvalue weighted by Gasteiger charge is 2.21. The first-order chi connectivity index (χ1) is 10.1. The summed E-state index contributed by atoms with van der Waals surface area (Å²) in [4.78, 5) is 2.53. The molecule has 2 nitrogen and oxygen atoms in total. The van der Waals surface area contributed by atoms with Crippen molar-refractivity contribution in [1.82, 2.24) is 5.32 Å². The molecule has 0 heterocycles. The van der Waals surface area contributed by atoms with Gasteiger partial charge in [-0.2, -0.15) is 0 Å². The minimum Gasteiger partial charge on any atom is -0.371 e. The van der Waals surface area contributed by atoms with Gasteiger partial charge in [0.05, 0.1) is 0 Å². The van der Waals surface area contributed by atoms with Crippen molar-refractivity contribution in [3.05, 3.63) is 28.2 Å². The molecule has 3 heteroatoms. The quantitative estimate of drug-likeness (QED) is 0.725. The van der Waals surface area contributed by atoms with Gasteiger partial charge in [-0.1, -0.05) is 48.5 Å². The zero-order valence-corrected chi connectivity index (χ0v) is 15.2. The molecule has 1 aromatic carbocycles. The molecule has 1 aliphatic carbocycles. The fourth-order valence-corrected chi connectivity index (χ4v) is 3.83. The van der Waals surface area contributed by atoms with Gasteiger partial charge in [0.2, 0.25) is 0 Å². The Labute approximate surface area is 138 Å². The van der Waals surface area contributed by atoms with Crippen molar-refractivity contribution in [2.45, 2.75) is 64.5 Å². The molecular formula is C18H29BrN2. The molecule has 1 aliphatic rings. The lowest BCUT2D eigenvalue weighted by atomic mass is 10.0. The Morgan fingerprint density at radius 3 is 2.52 bits per heavy atom. The van der Waals surface area contributed by atoms with Gasteiger partial charge >= 0.3 is 0 Å². The topological polar surface area (TPSA) is 15.3 Å². The van der Waals surface area contributed by atoms with Crippen LogP contribution in [-0.2, 0) is 0 Å². The molecule has 0 amide bonds. The van der Waals surface area contributed by atoms with E-state index >= 15 is 0 Å². The summed E-state index contributed by atoms with van der Waals surface area (Å²) in [6.45, 7) is 5.43. The second-order valence-corrected chi connectivity index (χ2v) is 7.15. The number of rotatable bonds is 5. The van der Waals surface area contributed by atoms with Crippen molar-refractivity contribution < 1.29 is 0 Å². The summed E-state index contributed by atoms with van der Waals surface area (Å²) in [7, 11) is 2.28. The highest BCUT2D eigenvalue weighted by molar-refractivity contribution is 9.10. The van der Waals surface area contributed by atoms with Crippen LogP contribution in [0.4, 0.5) is 5.69 Å². The molecule has 118 valence electrons. The Kier molecular flexibility index (Phi) is 6.56. The number of nitrogens with one attached hydrogen (secondary N) is 1. The first kappa shape index (κ1) is 16.8. The summed E-state index contributed by atoms with van der Waals surface area (Å²) >= 11 is 3.63. The van der Waals surface area contributed by atoms with E-state index in [0.717, 1.165) is 6.54 Å². The summed E-state index contributed by atoms with van der Waals surface area (Å²) in [5.74, 6) is 0. The summed E-state index contributed by atoms with van der Waals surface area (Å²) in [5.41, 5.74) is 2.79. The van der Waals surface area contributed by atoms with E-state index in [4.69, 9.17) is 0 Å². The van der Waals surface area contributed by atoms with Crippen molar-refractivity contribution in [2.24, 2.45) is 0 Å². The highest BCUT2D eigenvalue weighted by atomic mass is 79.9. The maximum absolute atomic E-state index is 3.63. The van der Waals surface area contributed by atoms with Gasteiger partial charge in [-0.25, -0.2) is 0 Å². The van der Waals surface area contributed by atoms with Crippen LogP contribution in [0.25, 0.3) is 0 Å². The lowest BCUT2D eigenvalue weighted by Crippen LogP contribution is -2.33. The zero-order valence-electron chi connectivity index (χ0n) is 13.7. The van der Waals surface area contributed by atoms with E-state index < -0.39 is 0 Å². The number of halogens is 1. The molecule has 2 rings (SSSR count). The van der Waals surface area contributed by atoms with E-state index in [1.165, 1.54) is 54.2 Å². The summed E-state index contributed by atoms with van der Waals surface area (Å²) < 4.78 is 1.17. The molecule has 1 N–H and O–H groups in total. The van der Waals surface area contributed by atoms with Crippen LogP contribution in [-0.4, -0.2) is 19.6 Å². The smallest absolute Gasteiger partial charge is 0.0415 e. The first-order valence-electron chi connectivity index (χ1n) is 8.39. The fraction of sp³-hybridized carbons (Fsp3) is 0.667. The van der Waals surface area contributed by atoms with Crippen LogP contribution in [0.15, 0.2) is 22.7 Å². The van der Waals surface area contributed by atoms with Crippen molar-refractivity contribution in [3.63, 3.8) is 0 Å². The number of benzene rings is 1. The van der Waals surface area contributed by atoms with Crippen LogP contribution < -0.4 is 10.2 Å². The molecule has 1 saturated carbocycles. The van der Waals surface area contributed by atoms with E-state index in [2.05, 4.69) is 65.2 Å². The minimum absolute atomic E-state index is 0.385. The van der Waals surface area contributed by atoms with Gasteiger partial charge in [-0.3, -0.25) is 0 Å². The molecule has 1 atom stereocenters. The molecule has 0 saturated heterocycles. The van der Waals surface area contributed by atoms with E-state index in [1.807, 2.05) is 0 Å². The molecule has 0 aromatic heterocycles. The van der Waals surface area contributed by atoms with Gasteiger partial charge in [-0.05, 0) is 50.1 Å². The van der Waals surface area contributed by atoms with Crippen LogP contribution in [0.2, 0.25) is 0 Å². The van der Waals surface area contributed by atoms with Gasteiger partial charge < -0.3 is 10.2 Å². The van der Waals surface area contributed by atoms with Crippen molar-refractivity contribution >= 4 is 21.6 Å². The van der Waals surface area contributed by atoms with E-state index in [0.29, 0.717) is 12.1 Å². The average Bonchev–Trinajstić information content (AvgIpc) is 2.76. The number of hydrogen-bond donors (Lipinski definition) is 1. The van der Waals surface area contributed by atoms with Crippen LogP contribution in [0.1, 0.15) is 64.0 Å². The lowest BCUT2D eigenvalue weighted by Gasteiger charge is -2.32. The second-order valence-electron chi connectivity index (χ2n) is 6.24. The van der Waals surface area contributed by atoms with Gasteiger partial charge in [0.1, 0.15) is 0 Å². The molecule has 1 aromatic rings. The summed E-state index contributed by atoms with van der Waals surface area (Å²) in [6.07, 6.45) is 8.24. The lowest BCUT2D eigenvalue weighted by molar-refractivity contribution is 0.544. The van der Waals surface area contributed by atoms with Crippen LogP contribution >= 0.6 is 15.9 Å². The normalized spacial score (nSPS) is 18.3. The van der Waals surface area contributed by atoms with E-state index in [9.17, 15) is 0 Å². The predicted octanol–water partition coefficient (Wildman–Crippen LogP) is 5.28. The predicted molar refractivity (Wildman–Crippen MR) is 96.1 cm³/mol. The van der Waals surface area contributed by atoms with Gasteiger partial charge in [0.15, 0.2) is 0 Å². The molecule has 1 unspecified atom stereocenters. The molecule has 0 bridgehead atoms. The molecule has 0 aliphatic heterocycles. The number of hydrogen-bond acceptors (Lipinski definition) is 2. The van der Waals surface area contributed by atoms with Gasteiger partial charge in [-0.15, -0.1) is 0 Å². The Bertz CT molecular complexity index is 439. The average molecular weight is 353 g/mol. The fourth-order valence-electron chi connectivity index (χ4n) is 3.45. The third kappa shape index (κ3) is 4.46. The molecular weight excluding hydrogens is 324 g/mol. The number of anilines is 1. The Morgan fingerprint density at radius 1 is 1.24 bits per heavy atom. The minimum atomic E-state index is 0.385. The largest absolute Gasteiger partial charge is 0.371 e. The third-order valence-electron chi connectivity index (χ3n) is 4.72. The first-order valence-corrected chi connectivity index (χ1v) is 9.18. The van der Waals surface area contributed by atoms with Crippen molar-refractivity contribution in [3.8, 4) is 0 Å². The standard InChI is InChI=1S/C18H29BrN2/c1-4-20-14(2)17-13-15(19)11-12-18(17)21(3)16-9-7-5-6-8-10-16/h11-14,16,20H,4-10H2,1-3H3. The van der Waals surface area contributed by atoms with Crippen LogP contribution in [0, 0.1) is 0 Å². The Balaban J connectivity index is 2.24. The van der Waals surface area contributed by atoms with Crippen LogP contribution in [0.5, 0.6) is 0 Å². The maximum Gasteiger partial charge on any atom is 0.0415 e. The SMILES string of the molecule is CCNC(C)c1cc(Br)ccc1N(C)C1CCCCCC1. The monoisotopic (exact) mass is 352 g/mol. The molecule has 21 heavy (non-hydrogen) atoms. The molecule has 1 fully saturated rings. The maximum atomic E-state index is 3.63. The Morgan fingerprint density at radius 2 is 1.90 bits per heavy atom. The number of nitrogens with zero attached hydrogens (tertiary/aromatic N) is 1. The van der Waals surface area contributed by atoms with Crippen molar-refractivity contribution in [2.75, 3.05) is 18.5 Å². The molecule has 0 spiro atoms. The Hall–Kier alpha value is -0.540. The third-order valence-corrected chi connectivity index (χ3v) is 5.21. The van der Waals surface area contributed by atoms with Gasteiger partial charge in [0.25, 0.3) is 0 Å². The highest BCUT2D eigenvalue weighted by Crippen LogP contribution is 2.32. The van der Waals surface area contributed by atoms with Crippen molar-refractivity contribution in [1.29, 1.82) is 0 Å².